The van der Waals surface area contributed by atoms with E-state index in [1.165, 1.54) is 13.3 Å². The molecule has 0 aliphatic rings. The van der Waals surface area contributed by atoms with Crippen LogP contribution in [0.5, 0.6) is 0 Å². The number of nitrogens with one attached hydrogen (secondary N) is 1. The van der Waals surface area contributed by atoms with Gasteiger partial charge < -0.3 is 19.7 Å². The second-order valence-corrected chi connectivity index (χ2v) is 5.28. The van der Waals surface area contributed by atoms with Gasteiger partial charge in [0.2, 0.25) is 0 Å². The van der Waals surface area contributed by atoms with Crippen LogP contribution in [-0.4, -0.2) is 51.7 Å². The van der Waals surface area contributed by atoms with Gasteiger partial charge in [-0.2, -0.15) is 5.10 Å². The molecule has 0 spiro atoms. The highest BCUT2D eigenvalue weighted by molar-refractivity contribution is 5.97. The van der Waals surface area contributed by atoms with Gasteiger partial charge in [0.25, 0.3) is 5.91 Å². The van der Waals surface area contributed by atoms with Crippen LogP contribution < -0.4 is 5.32 Å². The molecule has 0 aromatic carbocycles. The number of aryl methyl sites for hydroxylation is 3. The normalized spacial score (nSPS) is 12.4. The van der Waals surface area contributed by atoms with Crippen molar-refractivity contribution in [2.75, 3.05) is 20.3 Å². The fourth-order valence-electron chi connectivity index (χ4n) is 2.42. The first kappa shape index (κ1) is 16.3. The Labute approximate surface area is 129 Å². The molecule has 0 aliphatic heterocycles. The van der Waals surface area contributed by atoms with Crippen molar-refractivity contribution < 1.29 is 14.6 Å². The standard InChI is InChI=1S/C15H22N4O3/c1-10-5-6-11(2)19(10)15-13(8-17-18(15)3)14(21)16-7-12(20)9-22-4/h5-6,8,12,20H,7,9H2,1-4H3,(H,16,21). The maximum absolute atomic E-state index is 12.4. The van der Waals surface area contributed by atoms with E-state index >= 15 is 0 Å². The molecule has 1 atom stereocenters. The number of nitrogens with zero attached hydrogens (tertiary/aromatic N) is 3. The first-order valence-electron chi connectivity index (χ1n) is 7.08. The van der Waals surface area contributed by atoms with Crippen molar-refractivity contribution in [3.05, 3.63) is 35.3 Å². The summed E-state index contributed by atoms with van der Waals surface area (Å²) in [7, 11) is 3.30. The van der Waals surface area contributed by atoms with E-state index in [1.807, 2.05) is 30.5 Å². The molecule has 7 heteroatoms. The van der Waals surface area contributed by atoms with Crippen LogP contribution in [-0.2, 0) is 11.8 Å². The second kappa shape index (κ2) is 6.76. The minimum Gasteiger partial charge on any atom is -0.389 e. The average Bonchev–Trinajstić information content (AvgIpc) is 3.00. The lowest BCUT2D eigenvalue weighted by molar-refractivity contribution is 0.0610. The van der Waals surface area contributed by atoms with Gasteiger partial charge in [-0.3, -0.25) is 9.48 Å². The maximum atomic E-state index is 12.4. The smallest absolute Gasteiger partial charge is 0.256 e. The predicted octanol–water partition coefficient (Wildman–Crippen LogP) is 0.565. The van der Waals surface area contributed by atoms with Crippen LogP contribution in [0, 0.1) is 13.8 Å². The first-order valence-corrected chi connectivity index (χ1v) is 7.08. The van der Waals surface area contributed by atoms with Gasteiger partial charge in [0, 0.05) is 32.1 Å². The molecular weight excluding hydrogens is 284 g/mol. The van der Waals surface area contributed by atoms with Crippen molar-refractivity contribution >= 4 is 5.91 Å². The highest BCUT2D eigenvalue weighted by atomic mass is 16.5. The summed E-state index contributed by atoms with van der Waals surface area (Å²) >= 11 is 0. The number of aliphatic hydroxyl groups excluding tert-OH is 1. The van der Waals surface area contributed by atoms with Crippen LogP contribution in [0.25, 0.3) is 5.82 Å². The third kappa shape index (κ3) is 3.20. The van der Waals surface area contributed by atoms with Crippen molar-refractivity contribution in [2.45, 2.75) is 20.0 Å². The largest absolute Gasteiger partial charge is 0.389 e. The lowest BCUT2D eigenvalue weighted by Crippen LogP contribution is -2.34. The number of carbonyl (C=O) groups excluding carboxylic acids is 1. The van der Waals surface area contributed by atoms with Crippen LogP contribution in [0.1, 0.15) is 21.7 Å². The van der Waals surface area contributed by atoms with Crippen LogP contribution in [0.4, 0.5) is 0 Å². The number of hydrogen-bond donors (Lipinski definition) is 2. The Balaban J connectivity index is 2.25. The van der Waals surface area contributed by atoms with Crippen LogP contribution >= 0.6 is 0 Å². The molecule has 120 valence electrons. The Morgan fingerprint density at radius 2 is 2.05 bits per heavy atom. The zero-order valence-electron chi connectivity index (χ0n) is 13.3. The molecule has 0 saturated heterocycles. The lowest BCUT2D eigenvalue weighted by atomic mass is 10.2. The summed E-state index contributed by atoms with van der Waals surface area (Å²) in [6.07, 6.45) is 0.802. The topological polar surface area (TPSA) is 81.3 Å². The summed E-state index contributed by atoms with van der Waals surface area (Å²) in [5, 5.41) is 16.5. The van der Waals surface area contributed by atoms with Crippen molar-refractivity contribution in [2.24, 2.45) is 7.05 Å². The number of hydrogen-bond acceptors (Lipinski definition) is 4. The van der Waals surface area contributed by atoms with Crippen molar-refractivity contribution in [1.29, 1.82) is 0 Å². The van der Waals surface area contributed by atoms with E-state index in [0.29, 0.717) is 11.4 Å². The predicted molar refractivity (Wildman–Crippen MR) is 82.2 cm³/mol. The Bertz CT molecular complexity index is 640. The molecule has 2 aromatic heterocycles. The molecule has 0 bridgehead atoms. The fourth-order valence-corrected chi connectivity index (χ4v) is 2.42. The Morgan fingerprint density at radius 3 is 2.64 bits per heavy atom. The highest BCUT2D eigenvalue weighted by Crippen LogP contribution is 2.19. The molecular formula is C15H22N4O3. The number of rotatable bonds is 6. The Morgan fingerprint density at radius 1 is 1.41 bits per heavy atom. The summed E-state index contributed by atoms with van der Waals surface area (Å²) < 4.78 is 8.48. The number of amides is 1. The van der Waals surface area contributed by atoms with Gasteiger partial charge in [0.15, 0.2) is 0 Å². The third-order valence-corrected chi connectivity index (χ3v) is 3.49. The second-order valence-electron chi connectivity index (χ2n) is 5.28. The average molecular weight is 306 g/mol. The first-order chi connectivity index (χ1) is 10.5. The van der Waals surface area contributed by atoms with Crippen LogP contribution in [0.15, 0.2) is 18.3 Å². The molecule has 1 unspecified atom stereocenters. The van der Waals surface area contributed by atoms with Crippen molar-refractivity contribution in [1.82, 2.24) is 19.7 Å². The highest BCUT2D eigenvalue weighted by Gasteiger charge is 2.20. The summed E-state index contributed by atoms with van der Waals surface area (Å²) in [5.74, 6) is 0.435. The summed E-state index contributed by atoms with van der Waals surface area (Å²) in [5.41, 5.74) is 2.51. The van der Waals surface area contributed by atoms with Crippen molar-refractivity contribution in [3.63, 3.8) is 0 Å². The summed E-state index contributed by atoms with van der Waals surface area (Å²) in [6.45, 7) is 4.26. The molecule has 7 nitrogen and oxygen atoms in total. The van der Waals surface area contributed by atoms with E-state index in [9.17, 15) is 9.90 Å². The van der Waals surface area contributed by atoms with E-state index in [1.54, 1.807) is 11.7 Å². The van der Waals surface area contributed by atoms with E-state index in [2.05, 4.69) is 10.4 Å². The van der Waals surface area contributed by atoms with Crippen LogP contribution in [0.3, 0.4) is 0 Å². The van der Waals surface area contributed by atoms with E-state index in [4.69, 9.17) is 4.74 Å². The van der Waals surface area contributed by atoms with Crippen LogP contribution in [0.2, 0.25) is 0 Å². The fraction of sp³-hybridized carbons (Fsp3) is 0.467. The lowest BCUT2D eigenvalue weighted by Gasteiger charge is -2.14. The molecule has 2 heterocycles. The molecule has 0 aliphatic carbocycles. The van der Waals surface area contributed by atoms with E-state index < -0.39 is 6.10 Å². The number of aromatic nitrogens is 3. The number of ether oxygens (including phenoxy) is 1. The molecule has 1 amide bonds. The van der Waals surface area contributed by atoms with Crippen molar-refractivity contribution in [3.8, 4) is 5.82 Å². The zero-order chi connectivity index (χ0) is 16.3. The SMILES string of the molecule is COCC(O)CNC(=O)c1cnn(C)c1-n1c(C)ccc1C. The molecule has 2 N–H and O–H groups in total. The summed E-state index contributed by atoms with van der Waals surface area (Å²) in [4.78, 5) is 12.4. The Hall–Kier alpha value is -2.12. The van der Waals surface area contributed by atoms with Gasteiger partial charge in [-0.1, -0.05) is 0 Å². The van der Waals surface area contributed by atoms with Gasteiger partial charge in [0.1, 0.15) is 11.4 Å². The molecule has 0 radical (unpaired) electrons. The minimum absolute atomic E-state index is 0.130. The molecule has 2 aromatic rings. The third-order valence-electron chi connectivity index (χ3n) is 3.49. The molecule has 0 saturated carbocycles. The summed E-state index contributed by atoms with van der Waals surface area (Å²) in [6, 6.07) is 3.98. The quantitative estimate of drug-likeness (QED) is 0.817. The Kier molecular flexibility index (Phi) is 4.99. The molecule has 22 heavy (non-hydrogen) atoms. The maximum Gasteiger partial charge on any atom is 0.256 e. The number of aliphatic hydroxyl groups is 1. The molecule has 0 fully saturated rings. The van der Waals surface area contributed by atoms with Gasteiger partial charge in [-0.15, -0.1) is 0 Å². The number of carbonyl (C=O) groups is 1. The zero-order valence-corrected chi connectivity index (χ0v) is 13.3. The van der Waals surface area contributed by atoms with Gasteiger partial charge in [-0.25, -0.2) is 0 Å². The van der Waals surface area contributed by atoms with E-state index in [-0.39, 0.29) is 19.1 Å². The monoisotopic (exact) mass is 306 g/mol. The van der Waals surface area contributed by atoms with Gasteiger partial charge >= 0.3 is 0 Å². The van der Waals surface area contributed by atoms with Gasteiger partial charge in [0.05, 0.1) is 18.9 Å². The molecule has 2 rings (SSSR count). The van der Waals surface area contributed by atoms with E-state index in [0.717, 1.165) is 11.4 Å². The minimum atomic E-state index is -0.732. The number of methoxy groups -OCH3 is 1. The van der Waals surface area contributed by atoms with Gasteiger partial charge in [-0.05, 0) is 26.0 Å².